The second-order valence-electron chi connectivity index (χ2n) is 6.94. The van der Waals surface area contributed by atoms with Crippen LogP contribution in [0.25, 0.3) is 0 Å². The summed E-state index contributed by atoms with van der Waals surface area (Å²) in [4.78, 5) is 23.6. The molecular formula is C23H23N3O4S. The van der Waals surface area contributed by atoms with E-state index in [0.717, 1.165) is 5.56 Å². The number of carbonyl (C=O) groups is 2. The zero-order valence-electron chi connectivity index (χ0n) is 17.2. The lowest BCUT2D eigenvalue weighted by atomic mass is 10.1. The maximum atomic E-state index is 12.7. The topological polar surface area (TPSA) is 95.6 Å². The number of amides is 2. The lowest BCUT2D eigenvalue weighted by Gasteiger charge is -2.19. The summed E-state index contributed by atoms with van der Waals surface area (Å²) in [6.07, 6.45) is 0.142. The van der Waals surface area contributed by atoms with Gasteiger partial charge in [0.2, 0.25) is 11.8 Å². The van der Waals surface area contributed by atoms with E-state index < -0.39 is 10.0 Å². The van der Waals surface area contributed by atoms with Gasteiger partial charge < -0.3 is 10.6 Å². The predicted octanol–water partition coefficient (Wildman–Crippen LogP) is 3.65. The van der Waals surface area contributed by atoms with Crippen molar-refractivity contribution >= 4 is 38.9 Å². The molecule has 3 aromatic rings. The number of nitrogens with zero attached hydrogens (tertiary/aromatic N) is 1. The molecule has 0 saturated carbocycles. The zero-order valence-corrected chi connectivity index (χ0v) is 18.0. The van der Waals surface area contributed by atoms with E-state index in [9.17, 15) is 18.0 Å². The average Bonchev–Trinajstić information content (AvgIpc) is 2.75. The predicted molar refractivity (Wildman–Crippen MR) is 122 cm³/mol. The summed E-state index contributed by atoms with van der Waals surface area (Å²) < 4.78 is 26.7. The van der Waals surface area contributed by atoms with Crippen LogP contribution in [0.15, 0.2) is 83.8 Å². The molecule has 7 nitrogen and oxygen atoms in total. The van der Waals surface area contributed by atoms with Gasteiger partial charge in [-0.2, -0.15) is 0 Å². The Kier molecular flexibility index (Phi) is 6.71. The van der Waals surface area contributed by atoms with Crippen LogP contribution in [-0.4, -0.2) is 27.3 Å². The first-order valence-corrected chi connectivity index (χ1v) is 11.0. The second kappa shape index (κ2) is 9.44. The Morgan fingerprint density at radius 3 is 1.90 bits per heavy atom. The van der Waals surface area contributed by atoms with Gasteiger partial charge in [-0.15, -0.1) is 0 Å². The van der Waals surface area contributed by atoms with Crippen LogP contribution in [0.3, 0.4) is 0 Å². The fourth-order valence-electron chi connectivity index (χ4n) is 2.94. The maximum Gasteiger partial charge on any atom is 0.264 e. The van der Waals surface area contributed by atoms with Crippen molar-refractivity contribution in [3.8, 4) is 0 Å². The highest BCUT2D eigenvalue weighted by Gasteiger charge is 2.20. The van der Waals surface area contributed by atoms with E-state index in [1.807, 2.05) is 0 Å². The SMILES string of the molecule is CC(=O)Nc1ccc(NC(=O)Cc2ccc(N(C)S(=O)(=O)c3ccccc3)cc2)cc1. The molecule has 0 aliphatic rings. The molecule has 0 saturated heterocycles. The highest BCUT2D eigenvalue weighted by atomic mass is 32.2. The molecule has 0 fully saturated rings. The van der Waals surface area contributed by atoms with Crippen molar-refractivity contribution in [3.05, 3.63) is 84.4 Å². The number of anilines is 3. The van der Waals surface area contributed by atoms with E-state index in [1.165, 1.54) is 18.3 Å². The molecule has 31 heavy (non-hydrogen) atoms. The fraction of sp³-hybridized carbons (Fsp3) is 0.130. The summed E-state index contributed by atoms with van der Waals surface area (Å²) in [6, 6.07) is 21.8. The molecule has 0 atom stereocenters. The van der Waals surface area contributed by atoms with Gasteiger partial charge in [0.15, 0.2) is 0 Å². The number of nitrogens with one attached hydrogen (secondary N) is 2. The molecule has 0 radical (unpaired) electrons. The molecule has 3 aromatic carbocycles. The normalized spacial score (nSPS) is 10.9. The highest BCUT2D eigenvalue weighted by molar-refractivity contribution is 7.92. The van der Waals surface area contributed by atoms with Crippen LogP contribution >= 0.6 is 0 Å². The lowest BCUT2D eigenvalue weighted by Crippen LogP contribution is -2.26. The molecule has 0 bridgehead atoms. The Morgan fingerprint density at radius 1 is 0.806 bits per heavy atom. The molecule has 0 spiro atoms. The number of hydrogen-bond donors (Lipinski definition) is 2. The Morgan fingerprint density at radius 2 is 1.35 bits per heavy atom. The molecule has 2 N–H and O–H groups in total. The third-order valence-electron chi connectivity index (χ3n) is 4.56. The minimum atomic E-state index is -3.65. The van der Waals surface area contributed by atoms with Crippen LogP contribution in [0.5, 0.6) is 0 Å². The summed E-state index contributed by atoms with van der Waals surface area (Å²) in [5.74, 6) is -0.368. The molecule has 0 heterocycles. The van der Waals surface area contributed by atoms with E-state index in [1.54, 1.807) is 78.9 Å². The van der Waals surface area contributed by atoms with Gasteiger partial charge in [0.05, 0.1) is 17.0 Å². The summed E-state index contributed by atoms with van der Waals surface area (Å²) in [6.45, 7) is 1.43. The number of benzene rings is 3. The number of carbonyl (C=O) groups excluding carboxylic acids is 2. The van der Waals surface area contributed by atoms with E-state index in [0.29, 0.717) is 17.1 Å². The van der Waals surface area contributed by atoms with Gasteiger partial charge in [-0.1, -0.05) is 30.3 Å². The van der Waals surface area contributed by atoms with Crippen molar-refractivity contribution in [1.82, 2.24) is 0 Å². The average molecular weight is 438 g/mol. The van der Waals surface area contributed by atoms with Crippen molar-refractivity contribution in [3.63, 3.8) is 0 Å². The van der Waals surface area contributed by atoms with Crippen LogP contribution in [0.2, 0.25) is 0 Å². The van der Waals surface area contributed by atoms with Crippen LogP contribution in [-0.2, 0) is 26.0 Å². The summed E-state index contributed by atoms with van der Waals surface area (Å²) >= 11 is 0. The van der Waals surface area contributed by atoms with E-state index in [-0.39, 0.29) is 23.1 Å². The number of sulfonamides is 1. The van der Waals surface area contributed by atoms with Crippen LogP contribution in [0.4, 0.5) is 17.1 Å². The third kappa shape index (κ3) is 5.70. The zero-order chi connectivity index (χ0) is 22.4. The third-order valence-corrected chi connectivity index (χ3v) is 6.36. The van der Waals surface area contributed by atoms with Crippen molar-refractivity contribution in [2.75, 3.05) is 22.0 Å². The molecule has 2 amide bonds. The van der Waals surface area contributed by atoms with Gasteiger partial charge in [0.25, 0.3) is 10.0 Å². The Hall–Kier alpha value is -3.65. The van der Waals surface area contributed by atoms with Gasteiger partial charge in [-0.25, -0.2) is 8.42 Å². The van der Waals surface area contributed by atoms with Crippen LogP contribution in [0.1, 0.15) is 12.5 Å². The van der Waals surface area contributed by atoms with Crippen molar-refractivity contribution in [2.24, 2.45) is 0 Å². The Bertz CT molecular complexity index is 1160. The highest BCUT2D eigenvalue weighted by Crippen LogP contribution is 2.22. The first-order chi connectivity index (χ1) is 14.8. The Labute approximate surface area is 181 Å². The maximum absolute atomic E-state index is 12.7. The molecule has 0 aliphatic carbocycles. The molecule has 160 valence electrons. The van der Waals surface area contributed by atoms with Crippen molar-refractivity contribution in [2.45, 2.75) is 18.2 Å². The molecule has 0 unspecified atom stereocenters. The largest absolute Gasteiger partial charge is 0.326 e. The van der Waals surface area contributed by atoms with Crippen molar-refractivity contribution < 1.29 is 18.0 Å². The van der Waals surface area contributed by atoms with Gasteiger partial charge in [-0.05, 0) is 54.1 Å². The minimum absolute atomic E-state index is 0.142. The quantitative estimate of drug-likeness (QED) is 0.590. The summed E-state index contributed by atoms with van der Waals surface area (Å²) in [7, 11) is -2.16. The van der Waals surface area contributed by atoms with Gasteiger partial charge in [0, 0.05) is 25.3 Å². The number of hydrogen-bond acceptors (Lipinski definition) is 4. The van der Waals surface area contributed by atoms with E-state index in [4.69, 9.17) is 0 Å². The molecule has 3 rings (SSSR count). The van der Waals surface area contributed by atoms with Gasteiger partial charge in [-0.3, -0.25) is 13.9 Å². The lowest BCUT2D eigenvalue weighted by molar-refractivity contribution is -0.116. The van der Waals surface area contributed by atoms with Crippen molar-refractivity contribution in [1.29, 1.82) is 0 Å². The first kappa shape index (κ1) is 22.0. The summed E-state index contributed by atoms with van der Waals surface area (Å²) in [5, 5.41) is 5.46. The standard InChI is InChI=1S/C23H23N3O4S/c1-17(27)24-19-10-12-20(13-11-19)25-23(28)16-18-8-14-21(15-9-18)26(2)31(29,30)22-6-4-3-5-7-22/h3-15H,16H2,1-2H3,(H,24,27)(H,25,28). The smallest absolute Gasteiger partial charge is 0.264 e. The fourth-order valence-corrected chi connectivity index (χ4v) is 4.16. The first-order valence-electron chi connectivity index (χ1n) is 9.56. The Balaban J connectivity index is 1.62. The second-order valence-corrected chi connectivity index (χ2v) is 8.90. The molecule has 8 heteroatoms. The molecule has 0 aliphatic heterocycles. The van der Waals surface area contributed by atoms with Gasteiger partial charge in [0.1, 0.15) is 0 Å². The van der Waals surface area contributed by atoms with Gasteiger partial charge >= 0.3 is 0 Å². The molecule has 0 aromatic heterocycles. The minimum Gasteiger partial charge on any atom is -0.326 e. The van der Waals surface area contributed by atoms with E-state index >= 15 is 0 Å². The van der Waals surface area contributed by atoms with Crippen LogP contribution in [0, 0.1) is 0 Å². The van der Waals surface area contributed by atoms with Crippen LogP contribution < -0.4 is 14.9 Å². The van der Waals surface area contributed by atoms with E-state index in [2.05, 4.69) is 10.6 Å². The molecular weight excluding hydrogens is 414 g/mol. The monoisotopic (exact) mass is 437 g/mol. The summed E-state index contributed by atoms with van der Waals surface area (Å²) in [5.41, 5.74) is 2.52. The number of rotatable bonds is 7.